The Balaban J connectivity index is 2.13. The molecular formula is C15H22N2. The summed E-state index contributed by atoms with van der Waals surface area (Å²) in [6, 6.07) is 8.72. The lowest BCUT2D eigenvalue weighted by molar-refractivity contribution is 0.643. The third-order valence-electron chi connectivity index (χ3n) is 3.48. The van der Waals surface area contributed by atoms with Crippen LogP contribution in [0.3, 0.4) is 0 Å². The van der Waals surface area contributed by atoms with E-state index >= 15 is 0 Å². The molecule has 0 bridgehead atoms. The van der Waals surface area contributed by atoms with Gasteiger partial charge in [0.2, 0.25) is 0 Å². The Morgan fingerprint density at radius 1 is 1.47 bits per heavy atom. The predicted molar refractivity (Wildman–Crippen MR) is 74.5 cm³/mol. The quantitative estimate of drug-likeness (QED) is 0.788. The number of hydrogen-bond acceptors (Lipinski definition) is 2. The number of rotatable bonds is 5. The molecule has 17 heavy (non-hydrogen) atoms. The molecule has 1 atom stereocenters. The van der Waals surface area contributed by atoms with Gasteiger partial charge in [0.1, 0.15) is 0 Å². The molecule has 2 heteroatoms. The number of benzene rings is 1. The first-order chi connectivity index (χ1) is 8.22. The Morgan fingerprint density at radius 2 is 2.24 bits per heavy atom. The van der Waals surface area contributed by atoms with Crippen LogP contribution in [0.1, 0.15) is 31.2 Å². The third kappa shape index (κ3) is 2.70. The number of nitrogens with zero attached hydrogens (tertiary/aromatic N) is 1. The first-order valence-corrected chi connectivity index (χ1v) is 6.40. The van der Waals surface area contributed by atoms with Crippen molar-refractivity contribution in [3.8, 4) is 0 Å². The second-order valence-corrected chi connectivity index (χ2v) is 4.99. The average Bonchev–Trinajstić information content (AvgIpc) is 2.66. The van der Waals surface area contributed by atoms with Crippen molar-refractivity contribution >= 4 is 5.69 Å². The number of anilines is 1. The Morgan fingerprint density at radius 3 is 2.94 bits per heavy atom. The van der Waals surface area contributed by atoms with Crippen LogP contribution in [0.2, 0.25) is 0 Å². The van der Waals surface area contributed by atoms with Crippen LogP contribution < -0.4 is 10.6 Å². The van der Waals surface area contributed by atoms with E-state index in [9.17, 15) is 0 Å². The van der Waals surface area contributed by atoms with Gasteiger partial charge in [-0.1, -0.05) is 23.8 Å². The van der Waals surface area contributed by atoms with Crippen molar-refractivity contribution < 1.29 is 0 Å². The van der Waals surface area contributed by atoms with E-state index in [-0.39, 0.29) is 0 Å². The van der Waals surface area contributed by atoms with E-state index in [2.05, 4.69) is 42.7 Å². The molecule has 1 aliphatic heterocycles. The highest BCUT2D eigenvalue weighted by Gasteiger charge is 2.26. The van der Waals surface area contributed by atoms with E-state index < -0.39 is 0 Å². The minimum absolute atomic E-state index is 0.612. The van der Waals surface area contributed by atoms with Crippen LogP contribution in [-0.4, -0.2) is 19.6 Å². The maximum atomic E-state index is 5.70. The molecule has 1 heterocycles. The lowest BCUT2D eigenvalue weighted by Crippen LogP contribution is -2.23. The van der Waals surface area contributed by atoms with Crippen molar-refractivity contribution in [3.05, 3.63) is 42.0 Å². The minimum atomic E-state index is 0.612. The van der Waals surface area contributed by atoms with Gasteiger partial charge in [-0.3, -0.25) is 0 Å². The highest BCUT2D eigenvalue weighted by molar-refractivity contribution is 5.60. The zero-order valence-electron chi connectivity index (χ0n) is 10.7. The van der Waals surface area contributed by atoms with Crippen molar-refractivity contribution in [2.45, 2.75) is 25.7 Å². The molecule has 0 spiro atoms. The first-order valence-electron chi connectivity index (χ1n) is 6.40. The van der Waals surface area contributed by atoms with Crippen LogP contribution in [0, 0.1) is 0 Å². The molecule has 2 rings (SSSR count). The summed E-state index contributed by atoms with van der Waals surface area (Å²) in [5.41, 5.74) is 9.82. The van der Waals surface area contributed by atoms with Crippen LogP contribution in [-0.2, 0) is 0 Å². The van der Waals surface area contributed by atoms with Crippen molar-refractivity contribution in [1.82, 2.24) is 0 Å². The Labute approximate surface area is 104 Å². The molecule has 0 aromatic heterocycles. The highest BCUT2D eigenvalue weighted by atomic mass is 15.2. The van der Waals surface area contributed by atoms with Crippen molar-refractivity contribution in [2.24, 2.45) is 5.73 Å². The van der Waals surface area contributed by atoms with Gasteiger partial charge in [0.15, 0.2) is 0 Å². The van der Waals surface area contributed by atoms with E-state index in [4.69, 9.17) is 5.73 Å². The molecule has 1 unspecified atom stereocenters. The largest absolute Gasteiger partial charge is 0.370 e. The smallest absolute Gasteiger partial charge is 0.0402 e. The highest BCUT2D eigenvalue weighted by Crippen LogP contribution is 2.37. The Kier molecular flexibility index (Phi) is 3.85. The van der Waals surface area contributed by atoms with Crippen LogP contribution in [0.4, 0.5) is 5.69 Å². The predicted octanol–water partition coefficient (Wildman–Crippen LogP) is 2.91. The molecule has 0 radical (unpaired) electrons. The van der Waals surface area contributed by atoms with Gasteiger partial charge in [-0.25, -0.2) is 0 Å². The maximum Gasteiger partial charge on any atom is 0.0402 e. The van der Waals surface area contributed by atoms with Gasteiger partial charge in [0.25, 0.3) is 0 Å². The standard InChI is InChI=1S/C15H22N2/c1-12(2)8-10-17-11-13(7-9-16)14-5-3-4-6-15(14)17/h3-6,13H,1,7-11,16H2,2H3. The van der Waals surface area contributed by atoms with E-state index in [1.165, 1.54) is 16.8 Å². The third-order valence-corrected chi connectivity index (χ3v) is 3.48. The monoisotopic (exact) mass is 230 g/mol. The van der Waals surface area contributed by atoms with Crippen molar-refractivity contribution in [1.29, 1.82) is 0 Å². The lowest BCUT2D eigenvalue weighted by atomic mass is 9.98. The number of hydrogen-bond donors (Lipinski definition) is 1. The lowest BCUT2D eigenvalue weighted by Gasteiger charge is -2.19. The summed E-state index contributed by atoms with van der Waals surface area (Å²) in [6.45, 7) is 9.04. The van der Waals surface area contributed by atoms with Crippen LogP contribution >= 0.6 is 0 Å². The molecule has 0 saturated carbocycles. The molecule has 1 aliphatic rings. The normalized spacial score (nSPS) is 18.2. The molecule has 1 aromatic carbocycles. The van der Waals surface area contributed by atoms with Gasteiger partial charge in [0, 0.05) is 24.7 Å². The molecule has 2 nitrogen and oxygen atoms in total. The summed E-state index contributed by atoms with van der Waals surface area (Å²) in [6.07, 6.45) is 2.16. The molecule has 0 fully saturated rings. The fraction of sp³-hybridized carbons (Fsp3) is 0.467. The summed E-state index contributed by atoms with van der Waals surface area (Å²) in [5.74, 6) is 0.612. The SMILES string of the molecule is C=C(C)CCN1CC(CCN)c2ccccc21. The summed E-state index contributed by atoms with van der Waals surface area (Å²) in [4.78, 5) is 2.48. The Hall–Kier alpha value is -1.28. The molecule has 1 aromatic rings. The second kappa shape index (κ2) is 5.37. The topological polar surface area (TPSA) is 29.3 Å². The summed E-state index contributed by atoms with van der Waals surface area (Å²) < 4.78 is 0. The molecule has 0 amide bonds. The molecule has 0 aliphatic carbocycles. The fourth-order valence-electron chi connectivity index (χ4n) is 2.57. The molecule has 92 valence electrons. The van der Waals surface area contributed by atoms with Gasteiger partial charge in [0.05, 0.1) is 0 Å². The number of para-hydroxylation sites is 1. The summed E-state index contributed by atoms with van der Waals surface area (Å²) in [7, 11) is 0. The van der Waals surface area contributed by atoms with Gasteiger partial charge >= 0.3 is 0 Å². The van der Waals surface area contributed by atoms with Gasteiger partial charge in [-0.05, 0) is 37.9 Å². The minimum Gasteiger partial charge on any atom is -0.370 e. The van der Waals surface area contributed by atoms with Gasteiger partial charge in [-0.15, -0.1) is 6.58 Å². The molecule has 2 N–H and O–H groups in total. The van der Waals surface area contributed by atoms with Gasteiger partial charge in [-0.2, -0.15) is 0 Å². The van der Waals surface area contributed by atoms with E-state index in [1.54, 1.807) is 0 Å². The number of fused-ring (bicyclic) bond motifs is 1. The van der Waals surface area contributed by atoms with Crippen molar-refractivity contribution in [3.63, 3.8) is 0 Å². The van der Waals surface area contributed by atoms with Crippen LogP contribution in [0.25, 0.3) is 0 Å². The van der Waals surface area contributed by atoms with Crippen LogP contribution in [0.15, 0.2) is 36.4 Å². The van der Waals surface area contributed by atoms with E-state index in [0.29, 0.717) is 5.92 Å². The van der Waals surface area contributed by atoms with E-state index in [0.717, 1.165) is 32.5 Å². The van der Waals surface area contributed by atoms with Crippen LogP contribution in [0.5, 0.6) is 0 Å². The zero-order valence-corrected chi connectivity index (χ0v) is 10.7. The number of nitrogens with two attached hydrogens (primary N) is 1. The molecule has 0 saturated heterocycles. The second-order valence-electron chi connectivity index (χ2n) is 4.99. The maximum absolute atomic E-state index is 5.70. The molecular weight excluding hydrogens is 208 g/mol. The first kappa shape index (κ1) is 12.2. The van der Waals surface area contributed by atoms with E-state index in [1.807, 2.05) is 0 Å². The zero-order chi connectivity index (χ0) is 12.3. The van der Waals surface area contributed by atoms with Crippen molar-refractivity contribution in [2.75, 3.05) is 24.5 Å². The summed E-state index contributed by atoms with van der Waals surface area (Å²) >= 11 is 0. The fourth-order valence-corrected chi connectivity index (χ4v) is 2.57. The Bertz CT molecular complexity index is 398. The summed E-state index contributed by atoms with van der Waals surface area (Å²) in [5, 5.41) is 0. The van der Waals surface area contributed by atoms with Gasteiger partial charge < -0.3 is 10.6 Å². The average molecular weight is 230 g/mol.